The van der Waals surface area contributed by atoms with Crippen LogP contribution in [0.5, 0.6) is 0 Å². The van der Waals surface area contributed by atoms with Crippen LogP contribution >= 0.6 is 0 Å². The molecule has 2 heteroatoms. The average Bonchev–Trinajstić information content (AvgIpc) is 2.40. The summed E-state index contributed by atoms with van der Waals surface area (Å²) in [5, 5.41) is 3.53. The van der Waals surface area contributed by atoms with Crippen molar-refractivity contribution < 1.29 is 4.74 Å². The van der Waals surface area contributed by atoms with Crippen LogP contribution in [-0.4, -0.2) is 26.8 Å². The lowest BCUT2D eigenvalue weighted by molar-refractivity contribution is 0.107. The van der Waals surface area contributed by atoms with Gasteiger partial charge in [-0.1, -0.05) is 36.8 Å². The second-order valence-corrected chi connectivity index (χ2v) is 5.61. The number of hydrogen-bond donors (Lipinski definition) is 1. The summed E-state index contributed by atoms with van der Waals surface area (Å²) in [5.41, 5.74) is 2.81. The lowest BCUT2D eigenvalue weighted by atomic mass is 9.75. The third-order valence-corrected chi connectivity index (χ3v) is 4.20. The average molecular weight is 247 g/mol. The third-order valence-electron chi connectivity index (χ3n) is 4.20. The van der Waals surface area contributed by atoms with E-state index in [1.165, 1.54) is 17.5 Å². The van der Waals surface area contributed by atoms with E-state index in [2.05, 4.69) is 43.4 Å². The third kappa shape index (κ3) is 3.12. The molecule has 2 rings (SSSR count). The highest BCUT2D eigenvalue weighted by Crippen LogP contribution is 2.34. The minimum absolute atomic E-state index is 0.628. The summed E-state index contributed by atoms with van der Waals surface area (Å²) in [4.78, 5) is 0. The lowest BCUT2D eigenvalue weighted by Crippen LogP contribution is -2.38. The number of piperidine rings is 1. The molecule has 1 aromatic rings. The van der Waals surface area contributed by atoms with E-state index in [4.69, 9.17) is 4.74 Å². The molecule has 0 saturated carbocycles. The maximum absolute atomic E-state index is 5.34. The Morgan fingerprint density at radius 2 is 2.06 bits per heavy atom. The van der Waals surface area contributed by atoms with E-state index in [1.54, 1.807) is 7.11 Å². The first kappa shape index (κ1) is 13.6. The predicted octanol–water partition coefficient (Wildman–Crippen LogP) is 2.97. The Morgan fingerprint density at radius 1 is 1.33 bits per heavy atom. The smallest absolute Gasteiger partial charge is 0.0490 e. The molecule has 100 valence electrons. The monoisotopic (exact) mass is 247 g/mol. The van der Waals surface area contributed by atoms with E-state index in [0.29, 0.717) is 11.8 Å². The van der Waals surface area contributed by atoms with E-state index in [0.717, 1.165) is 25.6 Å². The SMILES string of the molecule is COCC(C)C1CCNCC1c1ccc(C)cc1. The molecule has 18 heavy (non-hydrogen) atoms. The van der Waals surface area contributed by atoms with Crippen LogP contribution in [0, 0.1) is 18.8 Å². The molecular formula is C16H25NO. The van der Waals surface area contributed by atoms with Gasteiger partial charge in [-0.15, -0.1) is 0 Å². The van der Waals surface area contributed by atoms with Crippen LogP contribution in [0.15, 0.2) is 24.3 Å². The molecule has 1 saturated heterocycles. The molecule has 0 bridgehead atoms. The van der Waals surface area contributed by atoms with Crippen LogP contribution in [0.25, 0.3) is 0 Å². The van der Waals surface area contributed by atoms with Crippen LogP contribution in [0.3, 0.4) is 0 Å². The molecule has 0 aromatic heterocycles. The van der Waals surface area contributed by atoms with Crippen molar-refractivity contribution in [3.8, 4) is 0 Å². The molecule has 1 aromatic carbocycles. The first-order valence-corrected chi connectivity index (χ1v) is 6.98. The van der Waals surface area contributed by atoms with Gasteiger partial charge in [0.2, 0.25) is 0 Å². The van der Waals surface area contributed by atoms with Crippen molar-refractivity contribution in [1.82, 2.24) is 5.32 Å². The summed E-state index contributed by atoms with van der Waals surface area (Å²) in [6.07, 6.45) is 1.25. The Balaban J connectivity index is 2.14. The molecule has 1 aliphatic heterocycles. The van der Waals surface area contributed by atoms with Crippen LogP contribution in [0.1, 0.15) is 30.4 Å². The van der Waals surface area contributed by atoms with Gasteiger partial charge >= 0.3 is 0 Å². The summed E-state index contributed by atoms with van der Waals surface area (Å²) in [6.45, 7) is 7.57. The molecule has 0 spiro atoms. The number of benzene rings is 1. The van der Waals surface area contributed by atoms with Gasteiger partial charge in [-0.2, -0.15) is 0 Å². The lowest BCUT2D eigenvalue weighted by Gasteiger charge is -2.36. The summed E-state index contributed by atoms with van der Waals surface area (Å²) in [7, 11) is 1.80. The number of ether oxygens (including phenoxy) is 1. The standard InChI is InChI=1S/C16H25NO/c1-12-4-6-14(7-5-12)16-10-17-9-8-15(16)13(2)11-18-3/h4-7,13,15-17H,8-11H2,1-3H3. The molecule has 1 fully saturated rings. The number of rotatable bonds is 4. The van der Waals surface area contributed by atoms with Crippen molar-refractivity contribution >= 4 is 0 Å². The van der Waals surface area contributed by atoms with Gasteiger partial charge in [-0.25, -0.2) is 0 Å². The Bertz CT molecular complexity index is 360. The highest BCUT2D eigenvalue weighted by atomic mass is 16.5. The van der Waals surface area contributed by atoms with Crippen molar-refractivity contribution in [2.75, 3.05) is 26.8 Å². The Morgan fingerprint density at radius 3 is 2.72 bits per heavy atom. The van der Waals surface area contributed by atoms with Crippen molar-refractivity contribution in [2.24, 2.45) is 11.8 Å². The zero-order valence-electron chi connectivity index (χ0n) is 11.8. The zero-order valence-corrected chi connectivity index (χ0v) is 11.8. The highest BCUT2D eigenvalue weighted by Gasteiger charge is 2.30. The maximum atomic E-state index is 5.34. The van der Waals surface area contributed by atoms with Crippen LogP contribution < -0.4 is 5.32 Å². The van der Waals surface area contributed by atoms with E-state index < -0.39 is 0 Å². The molecule has 2 nitrogen and oxygen atoms in total. The minimum Gasteiger partial charge on any atom is -0.384 e. The molecule has 0 aliphatic carbocycles. The Kier molecular flexibility index (Phi) is 4.79. The van der Waals surface area contributed by atoms with Crippen molar-refractivity contribution in [3.63, 3.8) is 0 Å². The second kappa shape index (κ2) is 6.35. The Hall–Kier alpha value is -0.860. The first-order valence-electron chi connectivity index (χ1n) is 6.98. The van der Waals surface area contributed by atoms with Crippen LogP contribution in [0.4, 0.5) is 0 Å². The predicted molar refractivity (Wildman–Crippen MR) is 75.9 cm³/mol. The fourth-order valence-electron chi connectivity index (χ4n) is 3.13. The molecule has 1 heterocycles. The topological polar surface area (TPSA) is 21.3 Å². The quantitative estimate of drug-likeness (QED) is 0.883. The summed E-state index contributed by atoms with van der Waals surface area (Å²) in [6, 6.07) is 9.03. The van der Waals surface area contributed by atoms with Gasteiger partial charge in [0, 0.05) is 20.3 Å². The normalized spacial score (nSPS) is 25.9. The highest BCUT2D eigenvalue weighted by molar-refractivity contribution is 5.26. The summed E-state index contributed by atoms with van der Waals surface area (Å²) >= 11 is 0. The first-order chi connectivity index (χ1) is 8.72. The van der Waals surface area contributed by atoms with Gasteiger partial charge in [-0.05, 0) is 43.2 Å². The zero-order chi connectivity index (χ0) is 13.0. The van der Waals surface area contributed by atoms with E-state index >= 15 is 0 Å². The second-order valence-electron chi connectivity index (χ2n) is 5.61. The van der Waals surface area contributed by atoms with Gasteiger partial charge in [0.05, 0.1) is 0 Å². The molecule has 0 amide bonds. The van der Waals surface area contributed by atoms with Crippen LogP contribution in [-0.2, 0) is 4.74 Å². The molecule has 3 atom stereocenters. The van der Waals surface area contributed by atoms with E-state index in [9.17, 15) is 0 Å². The van der Waals surface area contributed by atoms with Crippen molar-refractivity contribution in [1.29, 1.82) is 0 Å². The van der Waals surface area contributed by atoms with Crippen molar-refractivity contribution in [3.05, 3.63) is 35.4 Å². The van der Waals surface area contributed by atoms with E-state index in [1.807, 2.05) is 0 Å². The number of methoxy groups -OCH3 is 1. The fraction of sp³-hybridized carbons (Fsp3) is 0.625. The maximum Gasteiger partial charge on any atom is 0.0490 e. The summed E-state index contributed by atoms with van der Waals surface area (Å²) < 4.78 is 5.34. The molecule has 0 radical (unpaired) electrons. The van der Waals surface area contributed by atoms with Crippen LogP contribution in [0.2, 0.25) is 0 Å². The molecule has 3 unspecified atom stereocenters. The number of hydrogen-bond acceptors (Lipinski definition) is 2. The fourth-order valence-corrected chi connectivity index (χ4v) is 3.13. The van der Waals surface area contributed by atoms with Gasteiger partial charge in [0.25, 0.3) is 0 Å². The largest absolute Gasteiger partial charge is 0.384 e. The van der Waals surface area contributed by atoms with Gasteiger partial charge in [0.15, 0.2) is 0 Å². The van der Waals surface area contributed by atoms with Gasteiger partial charge in [0.1, 0.15) is 0 Å². The Labute approximate surface area is 111 Å². The van der Waals surface area contributed by atoms with Gasteiger partial charge < -0.3 is 10.1 Å². The minimum atomic E-state index is 0.628. The van der Waals surface area contributed by atoms with Gasteiger partial charge in [-0.3, -0.25) is 0 Å². The van der Waals surface area contributed by atoms with E-state index in [-0.39, 0.29) is 0 Å². The van der Waals surface area contributed by atoms with Crippen molar-refractivity contribution in [2.45, 2.75) is 26.2 Å². The molecule has 1 N–H and O–H groups in total. The molecule has 1 aliphatic rings. The molecular weight excluding hydrogens is 222 g/mol. The number of nitrogens with one attached hydrogen (secondary N) is 1. The summed E-state index contributed by atoms with van der Waals surface area (Å²) in [5.74, 6) is 1.99. The number of aryl methyl sites for hydroxylation is 1.